The van der Waals surface area contributed by atoms with Gasteiger partial charge >= 0.3 is 0 Å². The highest BCUT2D eigenvalue weighted by molar-refractivity contribution is 5.88. The van der Waals surface area contributed by atoms with Crippen LogP contribution in [0.5, 0.6) is 17.2 Å². The molecular weight excluding hydrogens is 236 g/mol. The summed E-state index contributed by atoms with van der Waals surface area (Å²) in [5.74, 6) is 2.29. The van der Waals surface area contributed by atoms with Crippen LogP contribution >= 0.6 is 0 Å². The fourth-order valence-electron chi connectivity index (χ4n) is 2.11. The van der Waals surface area contributed by atoms with Gasteiger partial charge in [-0.3, -0.25) is 0 Å². The monoisotopic (exact) mass is 250 g/mol. The zero-order valence-corrected chi connectivity index (χ0v) is 10.7. The van der Waals surface area contributed by atoms with Crippen LogP contribution in [0.3, 0.4) is 0 Å². The molecule has 0 heterocycles. The largest absolute Gasteiger partial charge is 0.493 e. The average molecular weight is 250 g/mol. The van der Waals surface area contributed by atoms with Crippen molar-refractivity contribution < 1.29 is 9.47 Å². The lowest BCUT2D eigenvalue weighted by atomic mass is 10.1. The third-order valence-electron chi connectivity index (χ3n) is 3.04. The van der Waals surface area contributed by atoms with E-state index in [1.165, 1.54) is 0 Å². The van der Waals surface area contributed by atoms with E-state index >= 15 is 0 Å². The predicted molar refractivity (Wildman–Crippen MR) is 77.0 cm³/mol. The third kappa shape index (κ3) is 2.25. The van der Waals surface area contributed by atoms with Gasteiger partial charge in [0, 0.05) is 5.39 Å². The summed E-state index contributed by atoms with van der Waals surface area (Å²) in [6.07, 6.45) is 0. The van der Waals surface area contributed by atoms with E-state index < -0.39 is 0 Å². The summed E-state index contributed by atoms with van der Waals surface area (Å²) in [6, 6.07) is 21.8. The number of hydrogen-bond donors (Lipinski definition) is 0. The molecule has 3 aromatic carbocycles. The molecule has 0 amide bonds. The second-order valence-electron chi connectivity index (χ2n) is 4.23. The Labute approximate surface area is 112 Å². The predicted octanol–water partition coefficient (Wildman–Crippen LogP) is 4.64. The number of para-hydroxylation sites is 2. The summed E-state index contributed by atoms with van der Waals surface area (Å²) in [5, 5.41) is 2.26. The Balaban J connectivity index is 2.06. The summed E-state index contributed by atoms with van der Waals surface area (Å²) >= 11 is 0. The SMILES string of the molecule is COc1ccccc1Oc1cccc2ccccc12. The van der Waals surface area contributed by atoms with Crippen molar-refractivity contribution in [2.24, 2.45) is 0 Å². The molecule has 0 radical (unpaired) electrons. The van der Waals surface area contributed by atoms with Crippen LogP contribution in [0.4, 0.5) is 0 Å². The lowest BCUT2D eigenvalue weighted by molar-refractivity contribution is 0.380. The Morgan fingerprint density at radius 3 is 2.11 bits per heavy atom. The van der Waals surface area contributed by atoms with Crippen molar-refractivity contribution in [1.29, 1.82) is 0 Å². The zero-order valence-electron chi connectivity index (χ0n) is 10.7. The molecule has 0 bridgehead atoms. The first-order valence-electron chi connectivity index (χ1n) is 6.17. The van der Waals surface area contributed by atoms with E-state index in [1.807, 2.05) is 48.5 Å². The molecule has 94 valence electrons. The Kier molecular flexibility index (Phi) is 3.07. The van der Waals surface area contributed by atoms with Gasteiger partial charge in [-0.05, 0) is 23.6 Å². The van der Waals surface area contributed by atoms with Crippen LogP contribution in [0.1, 0.15) is 0 Å². The molecule has 2 heteroatoms. The molecule has 0 aliphatic carbocycles. The summed E-state index contributed by atoms with van der Waals surface area (Å²) in [4.78, 5) is 0. The summed E-state index contributed by atoms with van der Waals surface area (Å²) in [7, 11) is 1.64. The molecule has 0 aromatic heterocycles. The molecule has 0 saturated carbocycles. The van der Waals surface area contributed by atoms with Gasteiger partial charge in [0.2, 0.25) is 0 Å². The van der Waals surface area contributed by atoms with Crippen LogP contribution in [0.2, 0.25) is 0 Å². The molecule has 0 spiro atoms. The fourth-order valence-corrected chi connectivity index (χ4v) is 2.11. The van der Waals surface area contributed by atoms with E-state index in [1.54, 1.807) is 7.11 Å². The highest BCUT2D eigenvalue weighted by atomic mass is 16.5. The topological polar surface area (TPSA) is 18.5 Å². The Hall–Kier alpha value is -2.48. The molecule has 0 atom stereocenters. The van der Waals surface area contributed by atoms with E-state index in [4.69, 9.17) is 9.47 Å². The van der Waals surface area contributed by atoms with Crippen molar-refractivity contribution in [1.82, 2.24) is 0 Å². The Morgan fingerprint density at radius 2 is 1.26 bits per heavy atom. The molecule has 0 saturated heterocycles. The van der Waals surface area contributed by atoms with Crippen LogP contribution in [-0.2, 0) is 0 Å². The van der Waals surface area contributed by atoms with Crippen LogP contribution in [-0.4, -0.2) is 7.11 Å². The van der Waals surface area contributed by atoms with E-state index in [2.05, 4.69) is 18.2 Å². The van der Waals surface area contributed by atoms with E-state index in [0.717, 1.165) is 28.0 Å². The highest BCUT2D eigenvalue weighted by Crippen LogP contribution is 2.34. The van der Waals surface area contributed by atoms with E-state index in [0.29, 0.717) is 0 Å². The Bertz CT molecular complexity index is 699. The van der Waals surface area contributed by atoms with Gasteiger partial charge in [0.15, 0.2) is 11.5 Å². The first-order valence-corrected chi connectivity index (χ1v) is 6.17. The van der Waals surface area contributed by atoms with Crippen molar-refractivity contribution in [3.05, 3.63) is 66.7 Å². The van der Waals surface area contributed by atoms with Gasteiger partial charge in [0.05, 0.1) is 7.11 Å². The molecule has 19 heavy (non-hydrogen) atoms. The van der Waals surface area contributed by atoms with Crippen LogP contribution < -0.4 is 9.47 Å². The van der Waals surface area contributed by atoms with Crippen LogP contribution in [0.25, 0.3) is 10.8 Å². The van der Waals surface area contributed by atoms with E-state index in [9.17, 15) is 0 Å². The van der Waals surface area contributed by atoms with Gasteiger partial charge in [-0.1, -0.05) is 48.5 Å². The van der Waals surface area contributed by atoms with Crippen molar-refractivity contribution >= 4 is 10.8 Å². The summed E-state index contributed by atoms with van der Waals surface area (Å²) in [5.41, 5.74) is 0. The second-order valence-corrected chi connectivity index (χ2v) is 4.23. The number of fused-ring (bicyclic) bond motifs is 1. The molecule has 0 fully saturated rings. The molecule has 0 unspecified atom stereocenters. The standard InChI is InChI=1S/C17H14O2/c1-18-16-10-4-5-11-17(16)19-15-12-6-8-13-7-2-3-9-14(13)15/h2-12H,1H3. The van der Waals surface area contributed by atoms with Crippen molar-refractivity contribution in [2.45, 2.75) is 0 Å². The first-order chi connectivity index (χ1) is 9.38. The van der Waals surface area contributed by atoms with Gasteiger partial charge in [0.25, 0.3) is 0 Å². The van der Waals surface area contributed by atoms with Gasteiger partial charge in [-0.25, -0.2) is 0 Å². The van der Waals surface area contributed by atoms with Crippen LogP contribution in [0, 0.1) is 0 Å². The molecule has 3 aromatic rings. The fraction of sp³-hybridized carbons (Fsp3) is 0.0588. The quantitative estimate of drug-likeness (QED) is 0.674. The minimum Gasteiger partial charge on any atom is -0.493 e. The van der Waals surface area contributed by atoms with Gasteiger partial charge in [-0.15, -0.1) is 0 Å². The van der Waals surface area contributed by atoms with E-state index in [-0.39, 0.29) is 0 Å². The van der Waals surface area contributed by atoms with Crippen molar-refractivity contribution in [3.8, 4) is 17.2 Å². The number of ether oxygens (including phenoxy) is 2. The average Bonchev–Trinajstić information content (AvgIpc) is 2.48. The first kappa shape index (κ1) is 11.6. The van der Waals surface area contributed by atoms with Crippen LogP contribution in [0.15, 0.2) is 66.7 Å². The lowest BCUT2D eigenvalue weighted by Gasteiger charge is -2.11. The maximum absolute atomic E-state index is 5.99. The summed E-state index contributed by atoms with van der Waals surface area (Å²) in [6.45, 7) is 0. The van der Waals surface area contributed by atoms with Crippen molar-refractivity contribution in [3.63, 3.8) is 0 Å². The molecule has 0 N–H and O–H groups in total. The van der Waals surface area contributed by atoms with Gasteiger partial charge in [-0.2, -0.15) is 0 Å². The Morgan fingerprint density at radius 1 is 0.632 bits per heavy atom. The van der Waals surface area contributed by atoms with Gasteiger partial charge in [0.1, 0.15) is 5.75 Å². The molecule has 2 nitrogen and oxygen atoms in total. The van der Waals surface area contributed by atoms with Crippen molar-refractivity contribution in [2.75, 3.05) is 7.11 Å². The maximum Gasteiger partial charge on any atom is 0.169 e. The maximum atomic E-state index is 5.99. The number of hydrogen-bond acceptors (Lipinski definition) is 2. The minimum atomic E-state index is 0.723. The summed E-state index contributed by atoms with van der Waals surface area (Å²) < 4.78 is 11.3. The normalized spacial score (nSPS) is 10.4. The second kappa shape index (κ2) is 5.02. The molecule has 3 rings (SSSR count). The number of rotatable bonds is 3. The highest BCUT2D eigenvalue weighted by Gasteiger charge is 2.06. The number of methoxy groups -OCH3 is 1. The zero-order chi connectivity index (χ0) is 13.1. The lowest BCUT2D eigenvalue weighted by Crippen LogP contribution is -1.90. The minimum absolute atomic E-state index is 0.723. The number of benzene rings is 3. The smallest absolute Gasteiger partial charge is 0.169 e. The van der Waals surface area contributed by atoms with Gasteiger partial charge < -0.3 is 9.47 Å². The molecule has 0 aliphatic heterocycles. The molecule has 0 aliphatic rings. The molecular formula is C17H14O2. The third-order valence-corrected chi connectivity index (χ3v) is 3.04.